The van der Waals surface area contributed by atoms with Crippen LogP contribution in [0.2, 0.25) is 0 Å². The number of esters is 1. The third-order valence-electron chi connectivity index (χ3n) is 7.67. The van der Waals surface area contributed by atoms with E-state index in [1.807, 2.05) is 91.8 Å². The molecule has 1 aliphatic rings. The van der Waals surface area contributed by atoms with Crippen molar-refractivity contribution >= 4 is 39.8 Å². The predicted molar refractivity (Wildman–Crippen MR) is 176 cm³/mol. The van der Waals surface area contributed by atoms with Gasteiger partial charge in [-0.05, 0) is 71.7 Å². The molecule has 44 heavy (non-hydrogen) atoms. The maximum absolute atomic E-state index is 14.0. The molecule has 0 saturated carbocycles. The van der Waals surface area contributed by atoms with E-state index in [-0.39, 0.29) is 12.2 Å². The van der Waals surface area contributed by atoms with Crippen molar-refractivity contribution in [1.82, 2.24) is 4.57 Å². The summed E-state index contributed by atoms with van der Waals surface area (Å²) in [6.45, 7) is 4.21. The van der Waals surface area contributed by atoms with Crippen LogP contribution in [0.3, 0.4) is 0 Å². The number of anilines is 1. The molecule has 1 aromatic heterocycles. The first-order chi connectivity index (χ1) is 21.3. The fourth-order valence-electron chi connectivity index (χ4n) is 5.49. The molecule has 4 aromatic carbocycles. The van der Waals surface area contributed by atoms with Crippen LogP contribution < -0.4 is 24.5 Å². The Morgan fingerprint density at radius 1 is 1.00 bits per heavy atom. The van der Waals surface area contributed by atoms with E-state index in [0.717, 1.165) is 27.8 Å². The van der Waals surface area contributed by atoms with Crippen molar-refractivity contribution in [3.05, 3.63) is 139 Å². The third kappa shape index (κ3) is 5.68. The van der Waals surface area contributed by atoms with Crippen molar-refractivity contribution in [3.8, 4) is 5.75 Å². The van der Waals surface area contributed by atoms with Gasteiger partial charge >= 0.3 is 5.97 Å². The largest absolute Gasteiger partial charge is 0.489 e. The molecular weight excluding hydrogens is 570 g/mol. The van der Waals surface area contributed by atoms with Gasteiger partial charge in [-0.25, -0.2) is 9.79 Å². The van der Waals surface area contributed by atoms with Gasteiger partial charge in [-0.15, -0.1) is 0 Å². The summed E-state index contributed by atoms with van der Waals surface area (Å²) >= 11 is 1.30. The lowest BCUT2D eigenvalue weighted by atomic mass is 9.95. The molecule has 0 unspecified atom stereocenters. The number of nitrogens with zero attached hydrogens (tertiary/aromatic N) is 3. The molecule has 8 heteroatoms. The van der Waals surface area contributed by atoms with E-state index >= 15 is 0 Å². The lowest BCUT2D eigenvalue weighted by Gasteiger charge is -2.25. The van der Waals surface area contributed by atoms with Crippen LogP contribution in [0.15, 0.2) is 112 Å². The molecule has 0 saturated heterocycles. The Kier molecular flexibility index (Phi) is 8.17. The second kappa shape index (κ2) is 12.3. The summed E-state index contributed by atoms with van der Waals surface area (Å²) in [5.41, 5.74) is 4.46. The maximum atomic E-state index is 14.0. The smallest absolute Gasteiger partial charge is 0.338 e. The van der Waals surface area contributed by atoms with Crippen LogP contribution in [0.1, 0.15) is 36.6 Å². The average molecular weight is 604 g/mol. The Bertz CT molecular complexity index is 2070. The van der Waals surface area contributed by atoms with Gasteiger partial charge in [0, 0.05) is 19.8 Å². The normalized spacial score (nSPS) is 14.7. The Hall–Kier alpha value is -4.95. The first kappa shape index (κ1) is 29.1. The van der Waals surface area contributed by atoms with Crippen LogP contribution in [0, 0.1) is 0 Å². The van der Waals surface area contributed by atoms with E-state index < -0.39 is 12.0 Å². The third-order valence-corrected chi connectivity index (χ3v) is 8.66. The molecule has 1 atom stereocenters. The van der Waals surface area contributed by atoms with Gasteiger partial charge in [0.1, 0.15) is 12.4 Å². The first-order valence-electron chi connectivity index (χ1n) is 14.5. The summed E-state index contributed by atoms with van der Waals surface area (Å²) in [4.78, 5) is 34.4. The van der Waals surface area contributed by atoms with Crippen LogP contribution in [0.4, 0.5) is 5.69 Å². The molecule has 0 spiro atoms. The zero-order chi connectivity index (χ0) is 30.8. The van der Waals surface area contributed by atoms with Gasteiger partial charge in [-0.2, -0.15) is 0 Å². The second-order valence-corrected chi connectivity index (χ2v) is 11.8. The van der Waals surface area contributed by atoms with Crippen LogP contribution in [-0.4, -0.2) is 31.2 Å². The minimum Gasteiger partial charge on any atom is -0.489 e. The lowest BCUT2D eigenvalue weighted by molar-refractivity contribution is -0.139. The molecular formula is C36H33N3O4S. The highest BCUT2D eigenvalue weighted by Crippen LogP contribution is 2.31. The minimum absolute atomic E-state index is 0.216. The standard InChI is InChI=1S/C36H33N3O4S/c1-5-42-35(41)32-23(2)37-36-39(33(32)26-16-18-28(19-17-26)38(3)4)34(40)31(44-36)21-24-10-8-14-29(20-24)43-22-27-13-9-12-25-11-6-7-15-30(25)27/h6-21,33H,5,22H2,1-4H3/b31-21-/t33-/m1/s1. The number of aromatic nitrogens is 1. The second-order valence-electron chi connectivity index (χ2n) is 10.8. The van der Waals surface area contributed by atoms with Gasteiger partial charge in [0.25, 0.3) is 5.56 Å². The van der Waals surface area contributed by atoms with Crippen molar-refractivity contribution < 1.29 is 14.3 Å². The van der Waals surface area contributed by atoms with Crippen LogP contribution >= 0.6 is 11.3 Å². The average Bonchev–Trinajstić information content (AvgIpc) is 3.33. The molecule has 0 bridgehead atoms. The number of benzene rings is 4. The number of hydrogen-bond donors (Lipinski definition) is 0. The number of rotatable bonds is 8. The summed E-state index contributed by atoms with van der Waals surface area (Å²) in [6, 6.07) is 29.4. The maximum Gasteiger partial charge on any atom is 0.338 e. The van der Waals surface area contributed by atoms with Gasteiger partial charge in [0.2, 0.25) is 0 Å². The topological polar surface area (TPSA) is 73.1 Å². The van der Waals surface area contributed by atoms with Crippen molar-refractivity contribution in [2.75, 3.05) is 25.6 Å². The fraction of sp³-hybridized carbons (Fsp3) is 0.194. The number of carbonyl (C=O) groups excluding carboxylic acids is 1. The van der Waals surface area contributed by atoms with Crippen LogP contribution in [-0.2, 0) is 16.1 Å². The van der Waals surface area contributed by atoms with Gasteiger partial charge in [0.05, 0.1) is 28.5 Å². The van der Waals surface area contributed by atoms with Gasteiger partial charge in [0.15, 0.2) is 4.80 Å². The Morgan fingerprint density at radius 2 is 1.75 bits per heavy atom. The van der Waals surface area contributed by atoms with Gasteiger partial charge in [-0.3, -0.25) is 9.36 Å². The van der Waals surface area contributed by atoms with E-state index in [1.165, 1.54) is 16.7 Å². The Labute approximate surface area is 259 Å². The summed E-state index contributed by atoms with van der Waals surface area (Å²) < 4.78 is 13.7. The van der Waals surface area contributed by atoms with Crippen molar-refractivity contribution in [2.45, 2.75) is 26.5 Å². The quantitative estimate of drug-likeness (QED) is 0.216. The van der Waals surface area contributed by atoms with E-state index in [1.54, 1.807) is 18.4 Å². The highest BCUT2D eigenvalue weighted by atomic mass is 32.1. The van der Waals surface area contributed by atoms with Crippen molar-refractivity contribution in [2.24, 2.45) is 4.99 Å². The van der Waals surface area contributed by atoms with Crippen LogP contribution in [0.25, 0.3) is 16.8 Å². The van der Waals surface area contributed by atoms with E-state index in [9.17, 15) is 9.59 Å². The summed E-state index contributed by atoms with van der Waals surface area (Å²) in [5, 5.41) is 2.33. The van der Waals surface area contributed by atoms with Gasteiger partial charge < -0.3 is 14.4 Å². The molecule has 2 heterocycles. The number of ether oxygens (including phenoxy) is 2. The Morgan fingerprint density at radius 3 is 2.52 bits per heavy atom. The highest BCUT2D eigenvalue weighted by Gasteiger charge is 2.33. The SMILES string of the molecule is CCOC(=O)C1=C(C)N=c2s/c(=C\c3cccc(OCc4cccc5ccccc45)c3)c(=O)n2[C@@H]1c1ccc(N(C)C)cc1. The molecule has 6 rings (SSSR count). The zero-order valence-corrected chi connectivity index (χ0v) is 25.9. The first-order valence-corrected chi connectivity index (χ1v) is 15.3. The van der Waals surface area contributed by atoms with Crippen LogP contribution in [0.5, 0.6) is 5.75 Å². The van der Waals surface area contributed by atoms with Crippen molar-refractivity contribution in [3.63, 3.8) is 0 Å². The van der Waals surface area contributed by atoms with E-state index in [2.05, 4.69) is 29.3 Å². The Balaban J connectivity index is 1.36. The molecule has 1 aliphatic heterocycles. The summed E-state index contributed by atoms with van der Waals surface area (Å²) in [5.74, 6) is 0.236. The molecule has 7 nitrogen and oxygen atoms in total. The zero-order valence-electron chi connectivity index (χ0n) is 25.1. The molecule has 0 radical (unpaired) electrons. The summed E-state index contributed by atoms with van der Waals surface area (Å²) in [6.07, 6.45) is 1.85. The molecule has 5 aromatic rings. The van der Waals surface area contributed by atoms with Gasteiger partial charge in [-0.1, -0.05) is 78.1 Å². The number of hydrogen-bond acceptors (Lipinski definition) is 7. The van der Waals surface area contributed by atoms with Crippen molar-refractivity contribution in [1.29, 1.82) is 0 Å². The number of thiazole rings is 1. The molecule has 0 amide bonds. The molecule has 0 N–H and O–H groups in total. The lowest BCUT2D eigenvalue weighted by Crippen LogP contribution is -2.39. The van der Waals surface area contributed by atoms with E-state index in [0.29, 0.717) is 33.0 Å². The number of fused-ring (bicyclic) bond motifs is 2. The minimum atomic E-state index is -0.654. The molecule has 0 aliphatic carbocycles. The number of carbonyl (C=O) groups is 1. The molecule has 222 valence electrons. The fourth-order valence-corrected chi connectivity index (χ4v) is 6.53. The summed E-state index contributed by atoms with van der Waals surface area (Å²) in [7, 11) is 3.94. The van der Waals surface area contributed by atoms with E-state index in [4.69, 9.17) is 9.47 Å². The number of allylic oxidation sites excluding steroid dienone is 1. The highest BCUT2D eigenvalue weighted by molar-refractivity contribution is 7.07. The monoisotopic (exact) mass is 603 g/mol. The predicted octanol–water partition coefficient (Wildman–Crippen LogP) is 5.60. The molecule has 0 fully saturated rings.